The number of rotatable bonds is 7. The lowest BCUT2D eigenvalue weighted by Crippen LogP contribution is -2.59. The van der Waals surface area contributed by atoms with E-state index in [1.165, 1.54) is 5.56 Å². The van der Waals surface area contributed by atoms with Crippen molar-refractivity contribution in [1.82, 2.24) is 20.9 Å². The molecule has 1 aromatic carbocycles. The average molecular weight is 416 g/mol. The fraction of sp³-hybridized carbons (Fsp3) is 0.708. The lowest BCUT2D eigenvalue weighted by Gasteiger charge is -2.41. The van der Waals surface area contributed by atoms with Gasteiger partial charge in [0.05, 0.1) is 0 Å². The molecule has 0 amide bonds. The average Bonchev–Trinajstić information content (AvgIpc) is 3.13. The highest BCUT2D eigenvalue weighted by molar-refractivity contribution is 5.80. The van der Waals surface area contributed by atoms with Crippen molar-refractivity contribution < 1.29 is 4.74 Å². The molecule has 0 aromatic heterocycles. The van der Waals surface area contributed by atoms with Gasteiger partial charge in [-0.25, -0.2) is 0 Å². The van der Waals surface area contributed by atoms with E-state index in [0.717, 1.165) is 51.6 Å². The predicted molar refractivity (Wildman–Crippen MR) is 125 cm³/mol. The summed E-state index contributed by atoms with van der Waals surface area (Å²) in [5, 5.41) is 11.2. The molecule has 6 nitrogen and oxygen atoms in total. The number of nitrogens with zero attached hydrogens (tertiary/aromatic N) is 2. The van der Waals surface area contributed by atoms with E-state index < -0.39 is 0 Å². The summed E-state index contributed by atoms with van der Waals surface area (Å²) in [5.41, 5.74) is 1.32. The first-order chi connectivity index (χ1) is 14.4. The SMILES string of the molecule is CN=C(NCC1(NC(C)c2ccccc2)CCOCC1)NC1CN(C(C)C)CC1C. The molecule has 2 heterocycles. The summed E-state index contributed by atoms with van der Waals surface area (Å²) in [7, 11) is 1.87. The third kappa shape index (κ3) is 5.96. The third-order valence-corrected chi connectivity index (χ3v) is 6.78. The van der Waals surface area contributed by atoms with E-state index in [-0.39, 0.29) is 11.6 Å². The van der Waals surface area contributed by atoms with Crippen molar-refractivity contribution in [2.45, 2.75) is 64.2 Å². The summed E-state index contributed by atoms with van der Waals surface area (Å²) in [5.74, 6) is 1.51. The molecule has 3 atom stereocenters. The zero-order chi connectivity index (χ0) is 21.6. The maximum atomic E-state index is 5.68. The Hall–Kier alpha value is -1.63. The van der Waals surface area contributed by atoms with Gasteiger partial charge in [0.25, 0.3) is 0 Å². The summed E-state index contributed by atoms with van der Waals surface area (Å²) >= 11 is 0. The minimum absolute atomic E-state index is 0.00358. The Morgan fingerprint density at radius 1 is 1.17 bits per heavy atom. The molecule has 30 heavy (non-hydrogen) atoms. The number of hydrogen-bond donors (Lipinski definition) is 3. The van der Waals surface area contributed by atoms with E-state index in [1.54, 1.807) is 0 Å². The van der Waals surface area contributed by atoms with Gasteiger partial charge < -0.3 is 20.7 Å². The topological polar surface area (TPSA) is 60.9 Å². The molecule has 3 rings (SSSR count). The van der Waals surface area contributed by atoms with Gasteiger partial charge in [0.1, 0.15) is 0 Å². The van der Waals surface area contributed by atoms with Crippen LogP contribution >= 0.6 is 0 Å². The van der Waals surface area contributed by atoms with Crippen LogP contribution in [0, 0.1) is 5.92 Å². The fourth-order valence-corrected chi connectivity index (χ4v) is 4.66. The smallest absolute Gasteiger partial charge is 0.191 e. The van der Waals surface area contributed by atoms with Crippen LogP contribution in [0.25, 0.3) is 0 Å². The van der Waals surface area contributed by atoms with E-state index in [4.69, 9.17) is 4.74 Å². The van der Waals surface area contributed by atoms with Crippen molar-refractivity contribution in [3.8, 4) is 0 Å². The van der Waals surface area contributed by atoms with Gasteiger partial charge in [0.2, 0.25) is 0 Å². The van der Waals surface area contributed by atoms with E-state index >= 15 is 0 Å². The van der Waals surface area contributed by atoms with E-state index in [0.29, 0.717) is 18.0 Å². The van der Waals surface area contributed by atoms with Crippen LogP contribution in [0.3, 0.4) is 0 Å². The molecule has 168 valence electrons. The highest BCUT2D eigenvalue weighted by Crippen LogP contribution is 2.25. The van der Waals surface area contributed by atoms with Gasteiger partial charge in [0, 0.05) is 63.6 Å². The number of guanidine groups is 1. The Kier molecular flexibility index (Phi) is 8.14. The molecule has 3 unspecified atom stereocenters. The van der Waals surface area contributed by atoms with Crippen LogP contribution in [0.15, 0.2) is 35.3 Å². The number of likely N-dealkylation sites (tertiary alicyclic amines) is 1. The van der Waals surface area contributed by atoms with Crippen LogP contribution in [0.1, 0.15) is 52.1 Å². The second-order valence-electron chi connectivity index (χ2n) is 9.37. The molecular formula is C24H41N5O. The number of benzene rings is 1. The van der Waals surface area contributed by atoms with Crippen molar-refractivity contribution in [2.24, 2.45) is 10.9 Å². The van der Waals surface area contributed by atoms with E-state index in [1.807, 2.05) is 7.05 Å². The van der Waals surface area contributed by atoms with Gasteiger partial charge in [-0.3, -0.25) is 9.89 Å². The summed E-state index contributed by atoms with van der Waals surface area (Å²) in [6.45, 7) is 13.8. The van der Waals surface area contributed by atoms with Gasteiger partial charge in [-0.2, -0.15) is 0 Å². The monoisotopic (exact) mass is 415 g/mol. The van der Waals surface area contributed by atoms with Crippen LogP contribution in [0.2, 0.25) is 0 Å². The van der Waals surface area contributed by atoms with Crippen molar-refractivity contribution in [3.63, 3.8) is 0 Å². The third-order valence-electron chi connectivity index (χ3n) is 6.78. The van der Waals surface area contributed by atoms with Crippen LogP contribution < -0.4 is 16.0 Å². The Balaban J connectivity index is 1.60. The van der Waals surface area contributed by atoms with Gasteiger partial charge in [-0.15, -0.1) is 0 Å². The first kappa shape index (κ1) is 23.0. The first-order valence-corrected chi connectivity index (χ1v) is 11.5. The van der Waals surface area contributed by atoms with E-state index in [2.05, 4.69) is 83.9 Å². The maximum Gasteiger partial charge on any atom is 0.191 e. The number of ether oxygens (including phenoxy) is 1. The Labute approximate surface area is 182 Å². The largest absolute Gasteiger partial charge is 0.381 e. The lowest BCUT2D eigenvalue weighted by molar-refractivity contribution is 0.0354. The molecule has 6 heteroatoms. The van der Waals surface area contributed by atoms with Crippen LogP contribution in [-0.2, 0) is 4.74 Å². The summed E-state index contributed by atoms with van der Waals surface area (Å²) in [4.78, 5) is 7.07. The summed E-state index contributed by atoms with van der Waals surface area (Å²) in [6.07, 6.45) is 1.99. The minimum Gasteiger partial charge on any atom is -0.381 e. The number of aliphatic imine (C=N–C) groups is 1. The van der Waals surface area contributed by atoms with Crippen molar-refractivity contribution in [3.05, 3.63) is 35.9 Å². The van der Waals surface area contributed by atoms with Gasteiger partial charge in [-0.05, 0) is 45.1 Å². The minimum atomic E-state index is -0.00358. The maximum absolute atomic E-state index is 5.68. The second kappa shape index (κ2) is 10.6. The molecule has 2 saturated heterocycles. The normalized spacial score (nSPS) is 26.0. The molecule has 0 bridgehead atoms. The standard InChI is InChI=1S/C24H41N5O/c1-18(2)29-15-19(3)22(16-29)27-23(25-5)26-17-24(11-13-30-14-12-24)28-20(4)21-9-7-6-8-10-21/h6-10,18-20,22,28H,11-17H2,1-5H3,(H2,25,26,27). The Morgan fingerprint density at radius 2 is 1.87 bits per heavy atom. The number of hydrogen-bond acceptors (Lipinski definition) is 4. The van der Waals surface area contributed by atoms with Crippen molar-refractivity contribution in [1.29, 1.82) is 0 Å². The molecule has 0 radical (unpaired) electrons. The Bertz CT molecular complexity index is 671. The second-order valence-corrected chi connectivity index (χ2v) is 9.37. The molecule has 2 aliphatic rings. The van der Waals surface area contributed by atoms with Crippen LogP contribution in [0.4, 0.5) is 0 Å². The molecule has 2 aliphatic heterocycles. The molecule has 3 N–H and O–H groups in total. The van der Waals surface area contributed by atoms with Crippen LogP contribution in [-0.4, -0.2) is 68.4 Å². The molecule has 2 fully saturated rings. The molecule has 0 aliphatic carbocycles. The molecule has 0 saturated carbocycles. The lowest BCUT2D eigenvalue weighted by atomic mass is 9.88. The first-order valence-electron chi connectivity index (χ1n) is 11.5. The van der Waals surface area contributed by atoms with Crippen molar-refractivity contribution >= 4 is 5.96 Å². The fourth-order valence-electron chi connectivity index (χ4n) is 4.66. The zero-order valence-electron chi connectivity index (χ0n) is 19.4. The van der Waals surface area contributed by atoms with Crippen LogP contribution in [0.5, 0.6) is 0 Å². The molecule has 1 aromatic rings. The molecular weight excluding hydrogens is 374 g/mol. The number of nitrogens with one attached hydrogen (secondary N) is 3. The van der Waals surface area contributed by atoms with Gasteiger partial charge >= 0.3 is 0 Å². The van der Waals surface area contributed by atoms with Crippen molar-refractivity contribution in [2.75, 3.05) is 39.9 Å². The predicted octanol–water partition coefficient (Wildman–Crippen LogP) is 2.78. The summed E-state index contributed by atoms with van der Waals surface area (Å²) in [6, 6.07) is 12.0. The highest BCUT2D eigenvalue weighted by Gasteiger charge is 2.35. The highest BCUT2D eigenvalue weighted by atomic mass is 16.5. The van der Waals surface area contributed by atoms with E-state index in [9.17, 15) is 0 Å². The molecule has 0 spiro atoms. The quantitative estimate of drug-likeness (QED) is 0.472. The zero-order valence-corrected chi connectivity index (χ0v) is 19.4. The van der Waals surface area contributed by atoms with Gasteiger partial charge in [0.15, 0.2) is 5.96 Å². The Morgan fingerprint density at radius 3 is 2.47 bits per heavy atom. The summed E-state index contributed by atoms with van der Waals surface area (Å²) < 4.78 is 5.68. The van der Waals surface area contributed by atoms with Gasteiger partial charge in [-0.1, -0.05) is 37.3 Å².